The molecule has 1 aromatic heterocycles. The molecule has 0 N–H and O–H groups in total. The summed E-state index contributed by atoms with van der Waals surface area (Å²) < 4.78 is 1.87. The number of aromatic nitrogens is 1. The van der Waals surface area contributed by atoms with E-state index >= 15 is 0 Å². The normalized spacial score (nSPS) is 10.2. The number of nitro groups is 1. The minimum atomic E-state index is -0.492. The molecule has 0 saturated heterocycles. The van der Waals surface area contributed by atoms with Gasteiger partial charge in [-0.05, 0) is 18.2 Å². The van der Waals surface area contributed by atoms with E-state index in [1.807, 2.05) is 37.6 Å². The summed E-state index contributed by atoms with van der Waals surface area (Å²) >= 11 is 0. The highest BCUT2D eigenvalue weighted by Crippen LogP contribution is 2.21. The SMILES string of the molecule is CC.Cn1c2ccccc2c(=O)c2cc([N+](=O)[O-])ccc21. The second-order valence-corrected chi connectivity index (χ2v) is 4.36. The highest BCUT2D eigenvalue weighted by Gasteiger charge is 2.12. The monoisotopic (exact) mass is 284 g/mol. The smallest absolute Gasteiger partial charge is 0.270 e. The minimum Gasteiger partial charge on any atom is -0.343 e. The molecule has 0 aliphatic carbocycles. The topological polar surface area (TPSA) is 65.1 Å². The van der Waals surface area contributed by atoms with Gasteiger partial charge in [0.2, 0.25) is 0 Å². The van der Waals surface area contributed by atoms with Crippen LogP contribution in [0.15, 0.2) is 47.3 Å². The molecule has 0 unspecified atom stereocenters. The number of non-ortho nitro benzene ring substituents is 1. The largest absolute Gasteiger partial charge is 0.343 e. The summed E-state index contributed by atoms with van der Waals surface area (Å²) in [6, 6.07) is 11.6. The molecule has 0 atom stereocenters. The second kappa shape index (κ2) is 5.75. The van der Waals surface area contributed by atoms with Crippen molar-refractivity contribution in [1.29, 1.82) is 0 Å². The Hall–Kier alpha value is -2.69. The molecule has 0 spiro atoms. The van der Waals surface area contributed by atoms with Crippen LogP contribution in [-0.4, -0.2) is 9.49 Å². The third-order valence-electron chi connectivity index (χ3n) is 3.31. The lowest BCUT2D eigenvalue weighted by Gasteiger charge is -2.09. The number of para-hydroxylation sites is 1. The van der Waals surface area contributed by atoms with Crippen molar-refractivity contribution in [3.63, 3.8) is 0 Å². The molecule has 0 fully saturated rings. The van der Waals surface area contributed by atoms with Crippen molar-refractivity contribution in [2.45, 2.75) is 13.8 Å². The Morgan fingerprint density at radius 3 is 2.29 bits per heavy atom. The van der Waals surface area contributed by atoms with E-state index in [4.69, 9.17) is 0 Å². The van der Waals surface area contributed by atoms with Crippen LogP contribution >= 0.6 is 0 Å². The predicted octanol–water partition coefficient (Wildman–Crippen LogP) is 3.63. The standard InChI is InChI=1S/C14H10N2O3.C2H6/c1-15-12-5-3-2-4-10(12)14(17)11-8-9(16(18)19)6-7-13(11)15;1-2/h2-8H,1H3;1-2H3. The highest BCUT2D eigenvalue weighted by atomic mass is 16.6. The van der Waals surface area contributed by atoms with Crippen molar-refractivity contribution < 1.29 is 4.92 Å². The van der Waals surface area contributed by atoms with Crippen molar-refractivity contribution in [3.8, 4) is 0 Å². The van der Waals surface area contributed by atoms with Gasteiger partial charge in [0.25, 0.3) is 5.69 Å². The van der Waals surface area contributed by atoms with Crippen LogP contribution in [0.25, 0.3) is 21.8 Å². The average molecular weight is 284 g/mol. The van der Waals surface area contributed by atoms with Gasteiger partial charge in [0, 0.05) is 24.6 Å². The zero-order valence-corrected chi connectivity index (χ0v) is 12.2. The van der Waals surface area contributed by atoms with E-state index in [2.05, 4.69) is 0 Å². The summed E-state index contributed by atoms with van der Waals surface area (Å²) in [6.45, 7) is 4.00. The van der Waals surface area contributed by atoms with Crippen LogP contribution < -0.4 is 5.43 Å². The van der Waals surface area contributed by atoms with Gasteiger partial charge in [-0.25, -0.2) is 0 Å². The van der Waals surface area contributed by atoms with Crippen LogP contribution in [0.1, 0.15) is 13.8 Å². The van der Waals surface area contributed by atoms with Gasteiger partial charge in [-0.2, -0.15) is 0 Å². The molecule has 0 aliphatic heterocycles. The maximum atomic E-state index is 12.4. The molecule has 0 bridgehead atoms. The summed E-state index contributed by atoms with van der Waals surface area (Å²) in [4.78, 5) is 22.7. The van der Waals surface area contributed by atoms with Gasteiger partial charge < -0.3 is 4.57 Å². The number of aryl methyl sites for hydroxylation is 1. The lowest BCUT2D eigenvalue weighted by atomic mass is 10.1. The molecular weight excluding hydrogens is 268 g/mol. The average Bonchev–Trinajstić information content (AvgIpc) is 2.54. The van der Waals surface area contributed by atoms with Crippen molar-refractivity contribution in [2.24, 2.45) is 7.05 Å². The van der Waals surface area contributed by atoms with E-state index in [-0.39, 0.29) is 11.1 Å². The first-order valence-corrected chi connectivity index (χ1v) is 6.75. The van der Waals surface area contributed by atoms with Crippen molar-refractivity contribution in [1.82, 2.24) is 4.57 Å². The highest BCUT2D eigenvalue weighted by molar-refractivity contribution is 5.94. The van der Waals surface area contributed by atoms with E-state index in [9.17, 15) is 14.9 Å². The molecule has 1 heterocycles. The third kappa shape index (κ3) is 2.38. The zero-order valence-electron chi connectivity index (χ0n) is 12.2. The van der Waals surface area contributed by atoms with Gasteiger partial charge in [0.15, 0.2) is 5.43 Å². The van der Waals surface area contributed by atoms with Crippen LogP contribution in [0.3, 0.4) is 0 Å². The summed E-state index contributed by atoms with van der Waals surface area (Å²) in [5.41, 5.74) is 1.26. The Bertz CT molecular complexity index is 882. The minimum absolute atomic E-state index is 0.0696. The summed E-state index contributed by atoms with van der Waals surface area (Å²) in [5.74, 6) is 0. The number of nitro benzene ring substituents is 1. The van der Waals surface area contributed by atoms with Gasteiger partial charge in [-0.3, -0.25) is 14.9 Å². The molecule has 0 radical (unpaired) electrons. The van der Waals surface area contributed by atoms with E-state index in [1.165, 1.54) is 12.1 Å². The van der Waals surface area contributed by atoms with Crippen LogP contribution in [0, 0.1) is 10.1 Å². The van der Waals surface area contributed by atoms with Crippen LogP contribution in [0.2, 0.25) is 0 Å². The van der Waals surface area contributed by atoms with E-state index < -0.39 is 4.92 Å². The van der Waals surface area contributed by atoms with Gasteiger partial charge in [-0.1, -0.05) is 26.0 Å². The number of hydrogen-bond donors (Lipinski definition) is 0. The molecule has 21 heavy (non-hydrogen) atoms. The Morgan fingerprint density at radius 2 is 1.62 bits per heavy atom. The summed E-state index contributed by atoms with van der Waals surface area (Å²) in [5, 5.41) is 11.7. The van der Waals surface area contributed by atoms with Crippen molar-refractivity contribution in [2.75, 3.05) is 0 Å². The molecule has 3 aromatic rings. The fourth-order valence-corrected chi connectivity index (χ4v) is 2.34. The molecule has 0 saturated carbocycles. The Labute approximate surface area is 121 Å². The van der Waals surface area contributed by atoms with Gasteiger partial charge in [0.05, 0.1) is 21.3 Å². The molecular formula is C16H16N2O3. The van der Waals surface area contributed by atoms with Crippen LogP contribution in [-0.2, 0) is 7.05 Å². The number of rotatable bonds is 1. The molecule has 0 aliphatic rings. The van der Waals surface area contributed by atoms with E-state index in [1.54, 1.807) is 18.2 Å². The quantitative estimate of drug-likeness (QED) is 0.389. The molecule has 3 rings (SSSR count). The number of fused-ring (bicyclic) bond motifs is 2. The Balaban J connectivity index is 0.000000774. The molecule has 2 aromatic carbocycles. The van der Waals surface area contributed by atoms with Gasteiger partial charge >= 0.3 is 0 Å². The number of nitrogens with zero attached hydrogens (tertiary/aromatic N) is 2. The summed E-state index contributed by atoms with van der Waals surface area (Å²) in [7, 11) is 1.84. The van der Waals surface area contributed by atoms with Crippen molar-refractivity contribution >= 4 is 27.5 Å². The van der Waals surface area contributed by atoms with Crippen LogP contribution in [0.4, 0.5) is 5.69 Å². The summed E-state index contributed by atoms with van der Waals surface area (Å²) in [6.07, 6.45) is 0. The maximum Gasteiger partial charge on any atom is 0.270 e. The fourth-order valence-electron chi connectivity index (χ4n) is 2.34. The lowest BCUT2D eigenvalue weighted by Crippen LogP contribution is -2.09. The molecule has 5 nitrogen and oxygen atoms in total. The predicted molar refractivity (Wildman–Crippen MR) is 84.7 cm³/mol. The van der Waals surface area contributed by atoms with Gasteiger partial charge in [0.1, 0.15) is 0 Å². The molecule has 0 amide bonds. The first kappa shape index (κ1) is 14.7. The third-order valence-corrected chi connectivity index (χ3v) is 3.31. The first-order chi connectivity index (χ1) is 10.1. The second-order valence-electron chi connectivity index (χ2n) is 4.36. The first-order valence-electron chi connectivity index (χ1n) is 6.75. The van der Waals surface area contributed by atoms with Crippen LogP contribution in [0.5, 0.6) is 0 Å². The number of pyridine rings is 1. The molecule has 5 heteroatoms. The zero-order chi connectivity index (χ0) is 15.6. The van der Waals surface area contributed by atoms with Gasteiger partial charge in [-0.15, -0.1) is 0 Å². The molecule has 108 valence electrons. The maximum absolute atomic E-state index is 12.4. The lowest BCUT2D eigenvalue weighted by molar-refractivity contribution is -0.384. The Kier molecular flexibility index (Phi) is 4.03. The van der Waals surface area contributed by atoms with E-state index in [0.29, 0.717) is 16.3 Å². The fraction of sp³-hybridized carbons (Fsp3) is 0.188. The van der Waals surface area contributed by atoms with Crippen molar-refractivity contribution in [3.05, 3.63) is 62.8 Å². The number of hydrogen-bond acceptors (Lipinski definition) is 3. The number of benzene rings is 2. The Morgan fingerprint density at radius 1 is 1.00 bits per heavy atom. The van der Waals surface area contributed by atoms with E-state index in [0.717, 1.165) is 5.52 Å².